The van der Waals surface area contributed by atoms with Crippen LogP contribution in [0.5, 0.6) is 0 Å². The van der Waals surface area contributed by atoms with Gasteiger partial charge in [-0.25, -0.2) is 13.6 Å². The van der Waals surface area contributed by atoms with Crippen molar-refractivity contribution < 1.29 is 8.42 Å². The van der Waals surface area contributed by atoms with Gasteiger partial charge in [-0.05, 0) is 30.2 Å². The molecular weight excluding hydrogens is 288 g/mol. The molecular formula is C14H20N4O2S. The maximum absolute atomic E-state index is 11.2. The van der Waals surface area contributed by atoms with E-state index in [4.69, 9.17) is 5.14 Å². The summed E-state index contributed by atoms with van der Waals surface area (Å²) in [5.41, 5.74) is 3.02. The van der Waals surface area contributed by atoms with E-state index in [1.165, 1.54) is 12.1 Å². The highest BCUT2D eigenvalue weighted by Crippen LogP contribution is 2.19. The zero-order chi connectivity index (χ0) is 15.6. The molecule has 0 spiro atoms. The Labute approximate surface area is 125 Å². The van der Waals surface area contributed by atoms with E-state index >= 15 is 0 Å². The summed E-state index contributed by atoms with van der Waals surface area (Å²) in [6.07, 6.45) is 1.99. The van der Waals surface area contributed by atoms with Gasteiger partial charge in [0.05, 0.1) is 10.6 Å². The van der Waals surface area contributed by atoms with Crippen LogP contribution in [-0.2, 0) is 23.6 Å². The molecule has 0 unspecified atom stereocenters. The van der Waals surface area contributed by atoms with Crippen LogP contribution in [0.1, 0.15) is 31.0 Å². The Morgan fingerprint density at radius 2 is 1.90 bits per heavy atom. The Morgan fingerprint density at radius 3 is 2.43 bits per heavy atom. The van der Waals surface area contributed by atoms with Gasteiger partial charge < -0.3 is 5.32 Å². The molecule has 114 valence electrons. The van der Waals surface area contributed by atoms with Crippen molar-refractivity contribution in [3.63, 3.8) is 0 Å². The van der Waals surface area contributed by atoms with E-state index in [1.807, 2.05) is 13.2 Å². The third kappa shape index (κ3) is 3.83. The fraction of sp³-hybridized carbons (Fsp3) is 0.357. The summed E-state index contributed by atoms with van der Waals surface area (Å²) in [4.78, 5) is 0.109. The Kier molecular flexibility index (Phi) is 4.34. The third-order valence-electron chi connectivity index (χ3n) is 3.15. The molecule has 0 fully saturated rings. The second-order valence-electron chi connectivity index (χ2n) is 5.29. The molecule has 0 atom stereocenters. The second-order valence-corrected chi connectivity index (χ2v) is 6.85. The molecule has 1 heterocycles. The van der Waals surface area contributed by atoms with Crippen LogP contribution >= 0.6 is 0 Å². The number of aromatic nitrogens is 2. The predicted octanol–water partition coefficient (Wildman–Crippen LogP) is 1.80. The number of rotatable bonds is 5. The van der Waals surface area contributed by atoms with Crippen LogP contribution in [-0.4, -0.2) is 18.2 Å². The monoisotopic (exact) mass is 308 g/mol. The van der Waals surface area contributed by atoms with E-state index in [0.717, 1.165) is 16.9 Å². The van der Waals surface area contributed by atoms with Gasteiger partial charge in [0.2, 0.25) is 10.0 Å². The number of aryl methyl sites for hydroxylation is 1. The fourth-order valence-electron chi connectivity index (χ4n) is 2.14. The quantitative estimate of drug-likeness (QED) is 0.881. The minimum atomic E-state index is -3.64. The molecule has 2 aromatic rings. The Hall–Kier alpha value is -1.86. The van der Waals surface area contributed by atoms with E-state index in [-0.39, 0.29) is 4.90 Å². The lowest BCUT2D eigenvalue weighted by Crippen LogP contribution is -2.12. The van der Waals surface area contributed by atoms with Crippen molar-refractivity contribution in [1.29, 1.82) is 0 Å². The predicted molar refractivity (Wildman–Crippen MR) is 82.4 cm³/mol. The normalized spacial score (nSPS) is 11.9. The van der Waals surface area contributed by atoms with Gasteiger partial charge >= 0.3 is 0 Å². The van der Waals surface area contributed by atoms with Gasteiger partial charge in [0, 0.05) is 31.0 Å². The first kappa shape index (κ1) is 15.5. The number of primary sulfonamides is 1. The van der Waals surface area contributed by atoms with Crippen molar-refractivity contribution >= 4 is 15.7 Å². The summed E-state index contributed by atoms with van der Waals surface area (Å²) in [6.45, 7) is 4.84. The number of sulfonamides is 1. The van der Waals surface area contributed by atoms with E-state index < -0.39 is 10.0 Å². The van der Waals surface area contributed by atoms with E-state index in [0.29, 0.717) is 12.5 Å². The summed E-state index contributed by atoms with van der Waals surface area (Å²) < 4.78 is 24.2. The van der Waals surface area contributed by atoms with Gasteiger partial charge in [0.15, 0.2) is 0 Å². The standard InChI is InChI=1S/C14H20N4O2S/c1-10(2)14-11(9-18(3)17-14)8-16-12-4-6-13(7-5-12)21(15,19)20/h4-7,9-10,16H,8H2,1-3H3,(H2,15,19,20). The highest BCUT2D eigenvalue weighted by Gasteiger charge is 2.11. The summed E-state index contributed by atoms with van der Waals surface area (Å²) in [7, 11) is -1.74. The molecule has 0 aliphatic carbocycles. The molecule has 7 heteroatoms. The third-order valence-corrected chi connectivity index (χ3v) is 4.08. The molecule has 0 bridgehead atoms. The topological polar surface area (TPSA) is 90.0 Å². The number of benzene rings is 1. The first-order valence-corrected chi connectivity index (χ1v) is 8.21. The van der Waals surface area contributed by atoms with Crippen LogP contribution in [0.25, 0.3) is 0 Å². The van der Waals surface area contributed by atoms with E-state index in [2.05, 4.69) is 24.3 Å². The lowest BCUT2D eigenvalue weighted by atomic mass is 10.1. The molecule has 0 saturated carbocycles. The summed E-state index contributed by atoms with van der Waals surface area (Å²) >= 11 is 0. The van der Waals surface area contributed by atoms with Crippen molar-refractivity contribution in [2.75, 3.05) is 5.32 Å². The highest BCUT2D eigenvalue weighted by molar-refractivity contribution is 7.89. The number of hydrogen-bond acceptors (Lipinski definition) is 4. The van der Waals surface area contributed by atoms with Gasteiger partial charge in [0.25, 0.3) is 0 Å². The molecule has 1 aromatic heterocycles. The molecule has 0 aliphatic rings. The lowest BCUT2D eigenvalue weighted by molar-refractivity contribution is 0.598. The molecule has 3 N–H and O–H groups in total. The molecule has 0 aliphatic heterocycles. The average Bonchev–Trinajstić information content (AvgIpc) is 2.77. The number of hydrogen-bond donors (Lipinski definition) is 2. The van der Waals surface area contributed by atoms with Crippen LogP contribution in [0.15, 0.2) is 35.4 Å². The van der Waals surface area contributed by atoms with Crippen LogP contribution in [0.3, 0.4) is 0 Å². The number of nitrogens with one attached hydrogen (secondary N) is 1. The second kappa shape index (κ2) is 5.87. The Balaban J connectivity index is 2.10. The Bertz CT molecular complexity index is 718. The summed E-state index contributed by atoms with van der Waals surface area (Å²) in [5, 5.41) is 12.8. The molecule has 0 amide bonds. The largest absolute Gasteiger partial charge is 0.381 e. The molecule has 0 saturated heterocycles. The maximum atomic E-state index is 11.2. The maximum Gasteiger partial charge on any atom is 0.238 e. The zero-order valence-corrected chi connectivity index (χ0v) is 13.2. The molecule has 0 radical (unpaired) electrons. The molecule has 6 nitrogen and oxygen atoms in total. The van der Waals surface area contributed by atoms with Crippen LogP contribution in [0.2, 0.25) is 0 Å². The van der Waals surface area contributed by atoms with Crippen molar-refractivity contribution in [3.05, 3.63) is 41.7 Å². The van der Waals surface area contributed by atoms with Crippen molar-refractivity contribution in [2.45, 2.75) is 31.2 Å². The van der Waals surface area contributed by atoms with Gasteiger partial charge in [0.1, 0.15) is 0 Å². The summed E-state index contributed by atoms with van der Waals surface area (Å²) in [6, 6.07) is 6.38. The van der Waals surface area contributed by atoms with Crippen LogP contribution < -0.4 is 10.5 Å². The fourth-order valence-corrected chi connectivity index (χ4v) is 2.65. The average molecular weight is 308 g/mol. The Morgan fingerprint density at radius 1 is 1.29 bits per heavy atom. The molecule has 2 rings (SSSR count). The van der Waals surface area contributed by atoms with Crippen LogP contribution in [0, 0.1) is 0 Å². The number of nitrogens with zero attached hydrogens (tertiary/aromatic N) is 2. The van der Waals surface area contributed by atoms with Gasteiger partial charge in [-0.2, -0.15) is 5.10 Å². The smallest absolute Gasteiger partial charge is 0.238 e. The number of anilines is 1. The van der Waals surface area contributed by atoms with Crippen molar-refractivity contribution in [1.82, 2.24) is 9.78 Å². The van der Waals surface area contributed by atoms with Crippen LogP contribution in [0.4, 0.5) is 5.69 Å². The molecule has 1 aromatic carbocycles. The van der Waals surface area contributed by atoms with Gasteiger partial charge in [-0.3, -0.25) is 4.68 Å². The van der Waals surface area contributed by atoms with Crippen molar-refractivity contribution in [2.24, 2.45) is 12.2 Å². The molecule has 21 heavy (non-hydrogen) atoms. The van der Waals surface area contributed by atoms with Gasteiger partial charge in [-0.15, -0.1) is 0 Å². The zero-order valence-electron chi connectivity index (χ0n) is 12.4. The first-order chi connectivity index (χ1) is 9.77. The minimum Gasteiger partial charge on any atom is -0.381 e. The van der Waals surface area contributed by atoms with E-state index in [1.54, 1.807) is 16.8 Å². The van der Waals surface area contributed by atoms with E-state index in [9.17, 15) is 8.42 Å². The number of nitrogens with two attached hydrogens (primary N) is 1. The van der Waals surface area contributed by atoms with Gasteiger partial charge in [-0.1, -0.05) is 13.8 Å². The van der Waals surface area contributed by atoms with Crippen molar-refractivity contribution in [3.8, 4) is 0 Å². The summed E-state index contributed by atoms with van der Waals surface area (Å²) in [5.74, 6) is 0.354. The SMILES string of the molecule is CC(C)c1nn(C)cc1CNc1ccc(S(N)(=O)=O)cc1. The minimum absolute atomic E-state index is 0.109. The lowest BCUT2D eigenvalue weighted by Gasteiger charge is -2.08. The highest BCUT2D eigenvalue weighted by atomic mass is 32.2. The first-order valence-electron chi connectivity index (χ1n) is 6.66.